The number of Topliss-reactive ketones (excluding diaryl/α,β-unsaturated/α-hetero) is 1. The molecule has 7 atom stereocenters. The van der Waals surface area contributed by atoms with Crippen LogP contribution in [0.2, 0.25) is 0 Å². The predicted molar refractivity (Wildman–Crippen MR) is 121 cm³/mol. The van der Waals surface area contributed by atoms with E-state index in [4.69, 9.17) is 0 Å². The number of aliphatic hydroxyl groups is 1. The molecule has 5 rings (SSSR count). The molecule has 1 N–H and O–H groups in total. The van der Waals surface area contributed by atoms with Crippen molar-refractivity contribution >= 4 is 11.5 Å². The Balaban J connectivity index is 1.42. The molecule has 3 heteroatoms. The minimum absolute atomic E-state index is 0.0930. The van der Waals surface area contributed by atoms with Gasteiger partial charge in [0.05, 0.1) is 6.10 Å². The molecule has 0 aromatic heterocycles. The van der Waals surface area contributed by atoms with Crippen LogP contribution < -0.4 is 4.90 Å². The molecule has 0 aliphatic heterocycles. The first-order valence-electron chi connectivity index (χ1n) is 12.0. The Kier molecular flexibility index (Phi) is 4.89. The third kappa shape index (κ3) is 2.99. The Labute approximate surface area is 181 Å². The average Bonchev–Trinajstić information content (AvgIpc) is 3.00. The summed E-state index contributed by atoms with van der Waals surface area (Å²) < 4.78 is 0. The van der Waals surface area contributed by atoms with Crippen LogP contribution in [-0.2, 0) is 4.79 Å². The molecule has 0 amide bonds. The molecule has 0 spiro atoms. The van der Waals surface area contributed by atoms with Crippen molar-refractivity contribution < 1.29 is 9.90 Å². The quantitative estimate of drug-likeness (QED) is 0.650. The smallest absolute Gasteiger partial charge is 0.166 e. The molecule has 4 saturated carbocycles. The lowest BCUT2D eigenvalue weighted by Gasteiger charge is -2.59. The number of carbonyl (C=O) groups is 1. The highest BCUT2D eigenvalue weighted by Crippen LogP contribution is 2.66. The molecule has 4 fully saturated rings. The van der Waals surface area contributed by atoms with Crippen molar-refractivity contribution in [3.8, 4) is 0 Å². The number of ketones is 1. The molecular formula is C27H37NO2. The summed E-state index contributed by atoms with van der Waals surface area (Å²) in [7, 11) is 2.06. The van der Waals surface area contributed by atoms with E-state index in [0.29, 0.717) is 29.0 Å². The molecule has 0 unspecified atom stereocenters. The van der Waals surface area contributed by atoms with E-state index in [9.17, 15) is 9.90 Å². The highest BCUT2D eigenvalue weighted by Gasteiger charge is 2.61. The van der Waals surface area contributed by atoms with Crippen LogP contribution in [0.5, 0.6) is 0 Å². The molecule has 1 aromatic carbocycles. The van der Waals surface area contributed by atoms with Gasteiger partial charge in [0.1, 0.15) is 0 Å². The minimum atomic E-state index is -0.179. The van der Waals surface area contributed by atoms with Gasteiger partial charge in [0.25, 0.3) is 0 Å². The van der Waals surface area contributed by atoms with E-state index in [0.717, 1.165) is 49.3 Å². The Bertz CT molecular complexity index is 848. The molecule has 30 heavy (non-hydrogen) atoms. The van der Waals surface area contributed by atoms with Crippen molar-refractivity contribution in [1.29, 1.82) is 0 Å². The van der Waals surface area contributed by atoms with Crippen molar-refractivity contribution in [3.05, 3.63) is 42.1 Å². The van der Waals surface area contributed by atoms with Crippen LogP contribution in [0.3, 0.4) is 0 Å². The topological polar surface area (TPSA) is 40.5 Å². The molecule has 162 valence electrons. The number of hydrogen-bond acceptors (Lipinski definition) is 3. The SMILES string of the molecule is CN(/C=C1/C[C@H]2[C@@H]3CC[C@H]4C[C@@H](O)CC[C@]4(C)[C@H]3CC[C@]2(C)C1=O)c1ccccc1. The molecule has 0 heterocycles. The molecule has 3 nitrogen and oxygen atoms in total. The van der Waals surface area contributed by atoms with E-state index in [1.165, 1.54) is 19.3 Å². The van der Waals surface area contributed by atoms with Gasteiger partial charge < -0.3 is 10.0 Å². The summed E-state index contributed by atoms with van der Waals surface area (Å²) in [5, 5.41) is 10.2. The first-order valence-corrected chi connectivity index (χ1v) is 12.0. The Morgan fingerprint density at radius 1 is 1.03 bits per heavy atom. The standard InChI is InChI=1S/C27H37NO2/c1-26-13-11-21(29)16-19(26)9-10-22-23(26)12-14-27(2)24(22)15-18(25(27)30)17-28(3)20-7-5-4-6-8-20/h4-8,17,19,21-24,29H,9-16H2,1-3H3/b18-17-/t19-,21-,22+,23-,24-,26-,27-/m0/s1. The first-order chi connectivity index (χ1) is 14.3. The van der Waals surface area contributed by atoms with Gasteiger partial charge in [0.2, 0.25) is 0 Å². The van der Waals surface area contributed by atoms with Crippen molar-refractivity contribution in [1.82, 2.24) is 0 Å². The van der Waals surface area contributed by atoms with Crippen LogP contribution in [0.15, 0.2) is 42.1 Å². The minimum Gasteiger partial charge on any atom is -0.393 e. The lowest BCUT2D eigenvalue weighted by Crippen LogP contribution is -2.54. The number of hydrogen-bond donors (Lipinski definition) is 1. The van der Waals surface area contributed by atoms with E-state index in [1.807, 2.05) is 18.2 Å². The van der Waals surface area contributed by atoms with Gasteiger partial charge in [-0.15, -0.1) is 0 Å². The molecule has 1 aromatic rings. The van der Waals surface area contributed by atoms with Crippen LogP contribution in [0.1, 0.15) is 65.2 Å². The molecule has 0 radical (unpaired) electrons. The van der Waals surface area contributed by atoms with Crippen LogP contribution in [-0.4, -0.2) is 24.0 Å². The largest absolute Gasteiger partial charge is 0.393 e. The fourth-order valence-corrected chi connectivity index (χ4v) is 7.99. The van der Waals surface area contributed by atoms with Gasteiger partial charge in [-0.3, -0.25) is 4.79 Å². The lowest BCUT2D eigenvalue weighted by atomic mass is 9.45. The second kappa shape index (κ2) is 7.22. The number of anilines is 1. The van der Waals surface area contributed by atoms with E-state index in [2.05, 4.69) is 44.1 Å². The van der Waals surface area contributed by atoms with Gasteiger partial charge in [0.15, 0.2) is 5.78 Å². The first kappa shape index (κ1) is 20.3. The van der Waals surface area contributed by atoms with Gasteiger partial charge in [-0.25, -0.2) is 0 Å². The zero-order valence-electron chi connectivity index (χ0n) is 18.8. The van der Waals surface area contributed by atoms with Crippen molar-refractivity contribution in [2.75, 3.05) is 11.9 Å². The fourth-order valence-electron chi connectivity index (χ4n) is 7.99. The Hall–Kier alpha value is -1.61. The van der Waals surface area contributed by atoms with E-state index < -0.39 is 0 Å². The summed E-state index contributed by atoms with van der Waals surface area (Å²) in [5.74, 6) is 2.95. The highest BCUT2D eigenvalue weighted by molar-refractivity contribution is 6.02. The molecule has 4 aliphatic carbocycles. The number of fused-ring (bicyclic) bond motifs is 5. The number of allylic oxidation sites excluding steroid dienone is 1. The maximum Gasteiger partial charge on any atom is 0.166 e. The summed E-state index contributed by atoms with van der Waals surface area (Å²) in [4.78, 5) is 15.7. The molecular weight excluding hydrogens is 370 g/mol. The Morgan fingerprint density at radius 2 is 1.80 bits per heavy atom. The summed E-state index contributed by atoms with van der Waals surface area (Å²) in [6, 6.07) is 10.3. The third-order valence-corrected chi connectivity index (χ3v) is 9.79. The third-order valence-electron chi connectivity index (χ3n) is 9.79. The number of carbonyl (C=O) groups excluding carboxylic acids is 1. The van der Waals surface area contributed by atoms with E-state index >= 15 is 0 Å². The van der Waals surface area contributed by atoms with Gasteiger partial charge in [0, 0.05) is 29.9 Å². The number of nitrogens with zero attached hydrogens (tertiary/aromatic N) is 1. The van der Waals surface area contributed by atoms with Crippen molar-refractivity contribution in [3.63, 3.8) is 0 Å². The van der Waals surface area contributed by atoms with Gasteiger partial charge in [-0.1, -0.05) is 32.0 Å². The monoisotopic (exact) mass is 407 g/mol. The molecule has 0 saturated heterocycles. The van der Waals surface area contributed by atoms with Gasteiger partial charge in [-0.2, -0.15) is 0 Å². The molecule has 4 aliphatic rings. The zero-order chi connectivity index (χ0) is 21.1. The number of para-hydroxylation sites is 1. The van der Waals surface area contributed by atoms with Gasteiger partial charge >= 0.3 is 0 Å². The van der Waals surface area contributed by atoms with Crippen molar-refractivity contribution in [2.24, 2.45) is 34.5 Å². The van der Waals surface area contributed by atoms with Crippen LogP contribution in [0.25, 0.3) is 0 Å². The van der Waals surface area contributed by atoms with Crippen LogP contribution in [0.4, 0.5) is 5.69 Å². The summed E-state index contributed by atoms with van der Waals surface area (Å²) >= 11 is 0. The maximum absolute atomic E-state index is 13.6. The Morgan fingerprint density at radius 3 is 2.57 bits per heavy atom. The zero-order valence-corrected chi connectivity index (χ0v) is 18.8. The highest BCUT2D eigenvalue weighted by atomic mass is 16.3. The van der Waals surface area contributed by atoms with E-state index in [-0.39, 0.29) is 11.5 Å². The molecule has 0 bridgehead atoms. The normalized spacial score (nSPS) is 44.3. The van der Waals surface area contributed by atoms with Crippen LogP contribution in [0, 0.1) is 34.5 Å². The van der Waals surface area contributed by atoms with Gasteiger partial charge in [-0.05, 0) is 92.6 Å². The summed E-state index contributed by atoms with van der Waals surface area (Å²) in [5.41, 5.74) is 2.34. The second-order valence-corrected chi connectivity index (χ2v) is 11.2. The maximum atomic E-state index is 13.6. The number of aliphatic hydroxyl groups excluding tert-OH is 1. The van der Waals surface area contributed by atoms with E-state index in [1.54, 1.807) is 0 Å². The fraction of sp³-hybridized carbons (Fsp3) is 0.667. The van der Waals surface area contributed by atoms with Crippen molar-refractivity contribution in [2.45, 2.75) is 71.3 Å². The predicted octanol–water partition coefficient (Wildman–Crippen LogP) is 5.59. The average molecular weight is 408 g/mol. The summed E-state index contributed by atoms with van der Waals surface area (Å²) in [6.07, 6.45) is 10.8. The van der Waals surface area contributed by atoms with Crippen LogP contribution >= 0.6 is 0 Å². The number of benzene rings is 1. The number of rotatable bonds is 2. The summed E-state index contributed by atoms with van der Waals surface area (Å²) in [6.45, 7) is 4.78. The lowest BCUT2D eigenvalue weighted by molar-refractivity contribution is -0.141. The second-order valence-electron chi connectivity index (χ2n) is 11.2.